The lowest BCUT2D eigenvalue weighted by atomic mass is 9.72. The fraction of sp³-hybridized carbons (Fsp3) is 0.407. The number of carbonyl (C=O) groups excluding carboxylic acids is 3. The van der Waals surface area contributed by atoms with Gasteiger partial charge in [-0.3, -0.25) is 24.8 Å². The Hall–Kier alpha value is -4.36. The van der Waals surface area contributed by atoms with Crippen molar-refractivity contribution in [1.29, 1.82) is 5.41 Å². The zero-order chi connectivity index (χ0) is 28.9. The number of carbonyl (C=O) groups is 4. The van der Waals surface area contributed by atoms with E-state index in [1.165, 1.54) is 34.3 Å². The molecule has 3 amide bonds. The summed E-state index contributed by atoms with van der Waals surface area (Å²) in [6, 6.07) is 6.97. The molecular formula is C27H34N8O5. The molecule has 0 spiro atoms. The minimum absolute atomic E-state index is 0.0223. The highest BCUT2D eigenvalue weighted by atomic mass is 16.4. The highest BCUT2D eigenvalue weighted by Gasteiger charge is 2.59. The Morgan fingerprint density at radius 3 is 2.20 bits per heavy atom. The van der Waals surface area contributed by atoms with Gasteiger partial charge in [-0.05, 0) is 36.2 Å². The van der Waals surface area contributed by atoms with Crippen LogP contribution in [0.5, 0.6) is 0 Å². The number of nitrogens with one attached hydrogen (secondary N) is 4. The van der Waals surface area contributed by atoms with Crippen LogP contribution in [0.2, 0.25) is 0 Å². The number of rotatable bonds is 10. The van der Waals surface area contributed by atoms with Gasteiger partial charge in [-0.25, -0.2) is 4.79 Å². The number of nitrogen functional groups attached to an aromatic ring is 1. The molecule has 0 aliphatic carbocycles. The summed E-state index contributed by atoms with van der Waals surface area (Å²) in [5.74, 6) is -2.70. The third-order valence-electron chi connectivity index (χ3n) is 7.47. The van der Waals surface area contributed by atoms with E-state index in [9.17, 15) is 24.3 Å². The van der Waals surface area contributed by atoms with Crippen molar-refractivity contribution in [2.24, 2.45) is 5.73 Å². The van der Waals surface area contributed by atoms with Crippen LogP contribution in [0.15, 0.2) is 48.8 Å². The van der Waals surface area contributed by atoms with Gasteiger partial charge in [0.15, 0.2) is 6.04 Å². The Morgan fingerprint density at radius 1 is 1.05 bits per heavy atom. The highest BCUT2D eigenvalue weighted by molar-refractivity contribution is 5.98. The average molecular weight is 551 g/mol. The third kappa shape index (κ3) is 5.38. The summed E-state index contributed by atoms with van der Waals surface area (Å²) >= 11 is 0. The van der Waals surface area contributed by atoms with Gasteiger partial charge in [-0.15, -0.1) is 0 Å². The molecule has 3 atom stereocenters. The summed E-state index contributed by atoms with van der Waals surface area (Å²) < 4.78 is 0. The standard InChI is InChI=1S/C27H34N8O5/c1-2-20(33-25(38)18-5-3-17(4-6-18)24(28)29)27(19-7-9-30-10-8-19,35-14-12-32-16-22(35)37)23(26(39)40)34-13-11-31-15-21(34)36/h3-10,20,23,31-32H,2,11-16H2,1H3,(H3,28,29)(H,33,38)(H,39,40). The summed E-state index contributed by atoms with van der Waals surface area (Å²) in [4.78, 5) is 60.5. The molecule has 0 saturated carbocycles. The number of aromatic nitrogens is 1. The first-order valence-corrected chi connectivity index (χ1v) is 13.1. The summed E-state index contributed by atoms with van der Waals surface area (Å²) in [5, 5.41) is 27.4. The van der Waals surface area contributed by atoms with E-state index in [1.54, 1.807) is 31.2 Å². The number of nitrogens with two attached hydrogens (primary N) is 1. The molecule has 2 aliphatic heterocycles. The predicted octanol–water partition coefficient (Wildman–Crippen LogP) is -0.914. The van der Waals surface area contributed by atoms with Crippen LogP contribution in [0.3, 0.4) is 0 Å². The van der Waals surface area contributed by atoms with Gasteiger partial charge in [-0.2, -0.15) is 0 Å². The van der Waals surface area contributed by atoms with E-state index in [1.807, 2.05) is 0 Å². The van der Waals surface area contributed by atoms with Gasteiger partial charge >= 0.3 is 5.97 Å². The number of amides is 3. The van der Waals surface area contributed by atoms with E-state index in [-0.39, 0.29) is 49.9 Å². The molecule has 4 rings (SSSR count). The van der Waals surface area contributed by atoms with E-state index in [0.717, 1.165) is 0 Å². The average Bonchev–Trinajstić information content (AvgIpc) is 2.96. The first-order chi connectivity index (χ1) is 19.2. The van der Waals surface area contributed by atoms with Crippen LogP contribution >= 0.6 is 0 Å². The van der Waals surface area contributed by atoms with Crippen molar-refractivity contribution in [2.75, 3.05) is 39.3 Å². The molecule has 0 radical (unpaired) electrons. The molecule has 212 valence electrons. The fourth-order valence-electron chi connectivity index (χ4n) is 5.68. The second-order valence-corrected chi connectivity index (χ2v) is 9.71. The van der Waals surface area contributed by atoms with Gasteiger partial charge in [0.25, 0.3) is 5.91 Å². The lowest BCUT2D eigenvalue weighted by Crippen LogP contribution is -2.75. The number of nitrogens with zero attached hydrogens (tertiary/aromatic N) is 3. The lowest BCUT2D eigenvalue weighted by molar-refractivity contribution is -0.167. The van der Waals surface area contributed by atoms with Crippen LogP contribution in [-0.2, 0) is 19.9 Å². The molecule has 3 heterocycles. The van der Waals surface area contributed by atoms with E-state index in [4.69, 9.17) is 11.1 Å². The van der Waals surface area contributed by atoms with Crippen LogP contribution in [0.25, 0.3) is 0 Å². The molecule has 40 heavy (non-hydrogen) atoms. The Bertz CT molecular complexity index is 1270. The summed E-state index contributed by atoms with van der Waals surface area (Å²) in [7, 11) is 0. The quantitative estimate of drug-likeness (QED) is 0.160. The second-order valence-electron chi connectivity index (χ2n) is 9.71. The smallest absolute Gasteiger partial charge is 0.329 e. The van der Waals surface area contributed by atoms with Crippen LogP contribution in [0.1, 0.15) is 34.8 Å². The molecule has 1 aromatic heterocycles. The van der Waals surface area contributed by atoms with Gasteiger partial charge in [-0.1, -0.05) is 19.1 Å². The van der Waals surface area contributed by atoms with E-state index in [2.05, 4.69) is 20.9 Å². The molecule has 3 unspecified atom stereocenters. The van der Waals surface area contributed by atoms with Gasteiger partial charge in [0, 0.05) is 49.7 Å². The normalized spacial score (nSPS) is 18.9. The van der Waals surface area contributed by atoms with Crippen molar-refractivity contribution in [2.45, 2.75) is 31.0 Å². The van der Waals surface area contributed by atoms with Crippen LogP contribution in [-0.4, -0.2) is 101 Å². The maximum Gasteiger partial charge on any atom is 0.329 e. The molecule has 2 aromatic rings. The van der Waals surface area contributed by atoms with Crippen molar-refractivity contribution >= 4 is 29.5 Å². The topological polar surface area (TPSA) is 194 Å². The number of benzene rings is 1. The Balaban J connectivity index is 1.92. The first kappa shape index (κ1) is 28.6. The van der Waals surface area contributed by atoms with Gasteiger partial charge in [0.1, 0.15) is 11.4 Å². The summed E-state index contributed by atoms with van der Waals surface area (Å²) in [6.07, 6.45) is 3.25. The number of hydrogen-bond donors (Lipinski definition) is 6. The second kappa shape index (κ2) is 12.2. The maximum absolute atomic E-state index is 13.6. The van der Waals surface area contributed by atoms with Crippen molar-refractivity contribution in [3.05, 3.63) is 65.5 Å². The lowest BCUT2D eigenvalue weighted by Gasteiger charge is -2.55. The Labute approximate surface area is 231 Å². The van der Waals surface area contributed by atoms with Crippen molar-refractivity contribution in [3.8, 4) is 0 Å². The van der Waals surface area contributed by atoms with Crippen LogP contribution < -0.4 is 21.7 Å². The highest BCUT2D eigenvalue weighted by Crippen LogP contribution is 2.41. The number of amidine groups is 1. The number of carboxylic acid groups (broad SMARTS) is 1. The SMILES string of the molecule is CCC(NC(=O)c1ccc(C(=N)N)cc1)C(c1ccncc1)(C(C(=O)O)N1CCNCC1=O)N1CCNCC1=O. The van der Waals surface area contributed by atoms with Crippen LogP contribution in [0.4, 0.5) is 0 Å². The van der Waals surface area contributed by atoms with Gasteiger partial charge < -0.3 is 36.6 Å². The summed E-state index contributed by atoms with van der Waals surface area (Å²) in [5.41, 5.74) is 5.03. The molecule has 2 fully saturated rings. The number of pyridine rings is 1. The van der Waals surface area contributed by atoms with Crippen molar-refractivity contribution in [3.63, 3.8) is 0 Å². The largest absolute Gasteiger partial charge is 0.480 e. The number of aliphatic carboxylic acids is 1. The van der Waals surface area contributed by atoms with Crippen LogP contribution in [0, 0.1) is 5.41 Å². The Kier molecular flexibility index (Phi) is 8.75. The predicted molar refractivity (Wildman–Crippen MR) is 146 cm³/mol. The molecule has 2 saturated heterocycles. The van der Waals surface area contributed by atoms with Gasteiger partial charge in [0.2, 0.25) is 11.8 Å². The zero-order valence-electron chi connectivity index (χ0n) is 22.2. The molecule has 0 bridgehead atoms. The van der Waals surface area contributed by atoms with E-state index >= 15 is 0 Å². The number of hydrogen-bond acceptors (Lipinski definition) is 8. The minimum Gasteiger partial charge on any atom is -0.480 e. The molecule has 2 aliphatic rings. The van der Waals surface area contributed by atoms with Crippen molar-refractivity contribution < 1.29 is 24.3 Å². The van der Waals surface area contributed by atoms with Gasteiger partial charge in [0.05, 0.1) is 19.1 Å². The van der Waals surface area contributed by atoms with E-state index in [0.29, 0.717) is 24.2 Å². The molecule has 13 nitrogen and oxygen atoms in total. The summed E-state index contributed by atoms with van der Waals surface area (Å²) in [6.45, 7) is 2.78. The third-order valence-corrected chi connectivity index (χ3v) is 7.47. The molecular weight excluding hydrogens is 516 g/mol. The monoisotopic (exact) mass is 550 g/mol. The Morgan fingerprint density at radius 2 is 1.65 bits per heavy atom. The number of carboxylic acids is 1. The maximum atomic E-state index is 13.6. The van der Waals surface area contributed by atoms with Crippen molar-refractivity contribution in [1.82, 2.24) is 30.7 Å². The zero-order valence-corrected chi connectivity index (χ0v) is 22.2. The number of piperazine rings is 2. The van der Waals surface area contributed by atoms with E-state index < -0.39 is 35.4 Å². The first-order valence-electron chi connectivity index (χ1n) is 13.1. The molecule has 1 aromatic carbocycles. The molecule has 7 N–H and O–H groups in total. The fourth-order valence-corrected chi connectivity index (χ4v) is 5.68. The molecule has 13 heteroatoms. The minimum atomic E-state index is -1.68.